The molecule has 2 N–H and O–H groups in total. The van der Waals surface area contributed by atoms with E-state index in [-0.39, 0.29) is 5.69 Å². The third-order valence-corrected chi connectivity index (χ3v) is 3.52. The number of nitrogens with two attached hydrogens (primary N) is 1. The maximum Gasteiger partial charge on any atom is 0.269 e. The minimum absolute atomic E-state index is 0.104. The lowest BCUT2D eigenvalue weighted by Crippen LogP contribution is -1.89. The summed E-state index contributed by atoms with van der Waals surface area (Å²) in [5, 5.41) is 10.5. The number of nitro benzene ring substituents is 1. The summed E-state index contributed by atoms with van der Waals surface area (Å²) in [4.78, 5) is 12.2. The molecule has 0 aromatic heterocycles. The van der Waals surface area contributed by atoms with Crippen LogP contribution in [-0.2, 0) is 0 Å². The number of hydrogen-bond donors (Lipinski definition) is 1. The Kier molecular flexibility index (Phi) is 3.53. The third-order valence-electron chi connectivity index (χ3n) is 2.52. The van der Waals surface area contributed by atoms with Crippen molar-refractivity contribution in [3.05, 3.63) is 58.1 Å². The molecule has 0 heterocycles. The predicted octanol–water partition coefficient (Wildman–Crippen LogP) is 3.64. The lowest BCUT2D eigenvalue weighted by molar-refractivity contribution is -0.384. The Morgan fingerprint density at radius 1 is 1.11 bits per heavy atom. The SMILES string of the molecule is Cc1cc(Sc2ccc([N+](=O)[O-])cc2)ccc1N. The second kappa shape index (κ2) is 5.10. The van der Waals surface area contributed by atoms with Crippen LogP contribution in [0.4, 0.5) is 11.4 Å². The Labute approximate surface area is 109 Å². The molecule has 2 rings (SSSR count). The minimum atomic E-state index is -0.401. The summed E-state index contributed by atoms with van der Waals surface area (Å²) in [5.41, 5.74) is 7.65. The molecule has 0 saturated heterocycles. The molecule has 0 aliphatic heterocycles. The number of hydrogen-bond acceptors (Lipinski definition) is 4. The average molecular weight is 260 g/mol. The normalized spacial score (nSPS) is 10.3. The molecular formula is C13H12N2O2S. The number of nitro groups is 1. The van der Waals surface area contributed by atoms with E-state index in [9.17, 15) is 10.1 Å². The lowest BCUT2D eigenvalue weighted by atomic mass is 10.2. The summed E-state index contributed by atoms with van der Waals surface area (Å²) in [6.45, 7) is 1.95. The van der Waals surface area contributed by atoms with Crippen molar-refractivity contribution in [2.45, 2.75) is 16.7 Å². The lowest BCUT2D eigenvalue weighted by Gasteiger charge is -2.04. The van der Waals surface area contributed by atoms with Crippen molar-refractivity contribution in [1.82, 2.24) is 0 Å². The Balaban J connectivity index is 2.18. The fourth-order valence-corrected chi connectivity index (χ4v) is 2.40. The molecule has 0 amide bonds. The fraction of sp³-hybridized carbons (Fsp3) is 0.0769. The monoisotopic (exact) mass is 260 g/mol. The van der Waals surface area contributed by atoms with Crippen LogP contribution in [0.25, 0.3) is 0 Å². The Hall–Kier alpha value is -2.01. The molecule has 2 aromatic rings. The van der Waals surface area contributed by atoms with E-state index in [0.717, 1.165) is 21.0 Å². The van der Waals surface area contributed by atoms with Crippen LogP contribution in [0.5, 0.6) is 0 Å². The Morgan fingerprint density at radius 3 is 2.28 bits per heavy atom. The molecule has 92 valence electrons. The smallest absolute Gasteiger partial charge is 0.269 e. The molecule has 0 fully saturated rings. The molecule has 18 heavy (non-hydrogen) atoms. The van der Waals surface area contributed by atoms with Crippen LogP contribution >= 0.6 is 11.8 Å². The highest BCUT2D eigenvalue weighted by Gasteiger charge is 2.05. The van der Waals surface area contributed by atoms with Crippen molar-refractivity contribution in [2.24, 2.45) is 0 Å². The van der Waals surface area contributed by atoms with E-state index in [1.54, 1.807) is 23.9 Å². The van der Waals surface area contributed by atoms with Crippen LogP contribution in [0.15, 0.2) is 52.3 Å². The van der Waals surface area contributed by atoms with Gasteiger partial charge in [0, 0.05) is 27.6 Å². The average Bonchev–Trinajstić information content (AvgIpc) is 2.34. The molecule has 0 atom stereocenters. The maximum absolute atomic E-state index is 10.5. The van der Waals surface area contributed by atoms with Gasteiger partial charge in [-0.3, -0.25) is 10.1 Å². The summed E-state index contributed by atoms with van der Waals surface area (Å²) in [7, 11) is 0. The zero-order valence-electron chi connectivity index (χ0n) is 9.79. The number of rotatable bonds is 3. The van der Waals surface area contributed by atoms with Crippen LogP contribution < -0.4 is 5.73 Å². The van der Waals surface area contributed by atoms with Gasteiger partial charge >= 0.3 is 0 Å². The molecule has 0 unspecified atom stereocenters. The fourth-order valence-electron chi connectivity index (χ4n) is 1.48. The first-order valence-corrected chi connectivity index (χ1v) is 6.16. The van der Waals surface area contributed by atoms with E-state index in [1.807, 2.05) is 25.1 Å². The zero-order valence-corrected chi connectivity index (χ0v) is 10.6. The summed E-state index contributed by atoms with van der Waals surface area (Å²) >= 11 is 1.55. The molecular weight excluding hydrogens is 248 g/mol. The highest BCUT2D eigenvalue weighted by atomic mass is 32.2. The Bertz CT molecular complexity index is 582. The molecule has 4 nitrogen and oxygen atoms in total. The molecule has 0 aliphatic rings. The number of anilines is 1. The highest BCUT2D eigenvalue weighted by molar-refractivity contribution is 7.99. The van der Waals surface area contributed by atoms with E-state index >= 15 is 0 Å². The molecule has 0 radical (unpaired) electrons. The minimum Gasteiger partial charge on any atom is -0.399 e. The van der Waals surface area contributed by atoms with Gasteiger partial charge in [-0.15, -0.1) is 0 Å². The predicted molar refractivity (Wildman–Crippen MR) is 72.8 cm³/mol. The maximum atomic E-state index is 10.5. The number of non-ortho nitro benzene ring substituents is 1. The van der Waals surface area contributed by atoms with Crippen molar-refractivity contribution in [3.63, 3.8) is 0 Å². The quantitative estimate of drug-likeness (QED) is 0.519. The first-order chi connectivity index (χ1) is 8.56. The van der Waals surface area contributed by atoms with Crippen LogP contribution in [0.2, 0.25) is 0 Å². The van der Waals surface area contributed by atoms with Crippen molar-refractivity contribution in [3.8, 4) is 0 Å². The van der Waals surface area contributed by atoms with Crippen LogP contribution in [-0.4, -0.2) is 4.92 Å². The van der Waals surface area contributed by atoms with Gasteiger partial charge in [0.1, 0.15) is 0 Å². The van der Waals surface area contributed by atoms with Gasteiger partial charge in [-0.25, -0.2) is 0 Å². The number of nitrogen functional groups attached to an aromatic ring is 1. The largest absolute Gasteiger partial charge is 0.399 e. The van der Waals surface area contributed by atoms with Gasteiger partial charge in [0.2, 0.25) is 0 Å². The third kappa shape index (κ3) is 2.81. The molecule has 2 aromatic carbocycles. The van der Waals surface area contributed by atoms with Gasteiger partial charge in [0.25, 0.3) is 5.69 Å². The Morgan fingerprint density at radius 2 is 1.72 bits per heavy atom. The van der Waals surface area contributed by atoms with Crippen LogP contribution in [0.3, 0.4) is 0 Å². The first-order valence-electron chi connectivity index (χ1n) is 5.35. The highest BCUT2D eigenvalue weighted by Crippen LogP contribution is 2.30. The van der Waals surface area contributed by atoms with E-state index in [2.05, 4.69) is 0 Å². The van der Waals surface area contributed by atoms with Crippen molar-refractivity contribution < 1.29 is 4.92 Å². The van der Waals surface area contributed by atoms with E-state index in [4.69, 9.17) is 5.73 Å². The second-order valence-corrected chi connectivity index (χ2v) is 5.02. The zero-order chi connectivity index (χ0) is 13.1. The van der Waals surface area contributed by atoms with Gasteiger partial charge in [0.15, 0.2) is 0 Å². The summed E-state index contributed by atoms with van der Waals surface area (Å²) in [6, 6.07) is 12.3. The first kappa shape index (κ1) is 12.4. The van der Waals surface area contributed by atoms with Gasteiger partial charge < -0.3 is 5.73 Å². The van der Waals surface area contributed by atoms with Crippen molar-refractivity contribution in [1.29, 1.82) is 0 Å². The van der Waals surface area contributed by atoms with E-state index < -0.39 is 4.92 Å². The number of aryl methyl sites for hydroxylation is 1. The second-order valence-electron chi connectivity index (χ2n) is 3.87. The molecule has 5 heteroatoms. The van der Waals surface area contributed by atoms with Gasteiger partial charge in [-0.05, 0) is 42.8 Å². The topological polar surface area (TPSA) is 69.2 Å². The molecule has 0 bridgehead atoms. The van der Waals surface area contributed by atoms with E-state index in [0.29, 0.717) is 0 Å². The van der Waals surface area contributed by atoms with Gasteiger partial charge in [0.05, 0.1) is 4.92 Å². The number of nitrogens with zero attached hydrogens (tertiary/aromatic N) is 1. The van der Waals surface area contributed by atoms with E-state index in [1.165, 1.54) is 12.1 Å². The molecule has 0 aliphatic carbocycles. The van der Waals surface area contributed by atoms with Gasteiger partial charge in [-0.2, -0.15) is 0 Å². The molecule has 0 spiro atoms. The van der Waals surface area contributed by atoms with Crippen molar-refractivity contribution in [2.75, 3.05) is 5.73 Å². The standard InChI is InChI=1S/C13H12N2O2S/c1-9-8-12(6-7-13(9)14)18-11-4-2-10(3-5-11)15(16)17/h2-8H,14H2,1H3. The summed E-state index contributed by atoms with van der Waals surface area (Å²) in [5.74, 6) is 0. The van der Waals surface area contributed by atoms with Crippen LogP contribution in [0.1, 0.15) is 5.56 Å². The molecule has 0 saturated carbocycles. The van der Waals surface area contributed by atoms with Crippen molar-refractivity contribution >= 4 is 23.1 Å². The summed E-state index contributed by atoms with van der Waals surface area (Å²) < 4.78 is 0. The van der Waals surface area contributed by atoms with Crippen LogP contribution in [0, 0.1) is 17.0 Å². The van der Waals surface area contributed by atoms with Gasteiger partial charge in [-0.1, -0.05) is 11.8 Å². The number of benzene rings is 2. The summed E-state index contributed by atoms with van der Waals surface area (Å²) in [6.07, 6.45) is 0.